The largest absolute Gasteiger partial charge is 0.444 e. The van der Waals surface area contributed by atoms with Gasteiger partial charge in [-0.15, -0.1) is 0 Å². The van der Waals surface area contributed by atoms with Gasteiger partial charge in [0.05, 0.1) is 21.2 Å². The van der Waals surface area contributed by atoms with Crippen LogP contribution in [0.15, 0.2) is 141 Å². The van der Waals surface area contributed by atoms with Crippen LogP contribution in [0.5, 0.6) is 0 Å². The Morgan fingerprint density at radius 3 is 1.30 bits per heavy atom. The van der Waals surface area contributed by atoms with Gasteiger partial charge in [0.15, 0.2) is 16.7 Å². The van der Waals surface area contributed by atoms with Gasteiger partial charge >= 0.3 is 17.9 Å². The number of ether oxygens (including phenoxy) is 2. The molecule has 2 saturated heterocycles. The molecular weight excluding hydrogens is 1040 g/mol. The molecule has 22 heteroatoms. The molecular formula is C59H61FN10O11. The van der Waals surface area contributed by atoms with Gasteiger partial charge in [0.1, 0.15) is 33.4 Å². The van der Waals surface area contributed by atoms with Gasteiger partial charge in [-0.25, -0.2) is 24.5 Å². The Morgan fingerprint density at radius 2 is 0.914 bits per heavy atom. The number of nitrogen functional groups attached to an aromatic ring is 1. The number of aromatic nitrogens is 3. The van der Waals surface area contributed by atoms with Gasteiger partial charge in [-0.3, -0.25) is 20.2 Å². The number of piperidine rings is 2. The second kappa shape index (κ2) is 23.8. The van der Waals surface area contributed by atoms with E-state index in [1.165, 1.54) is 12.1 Å². The number of para-hydroxylation sites is 6. The number of anilines is 3. The van der Waals surface area contributed by atoms with E-state index in [0.717, 1.165) is 47.3 Å². The number of rotatable bonds is 9. The molecule has 2 aliphatic heterocycles. The van der Waals surface area contributed by atoms with E-state index in [4.69, 9.17) is 28.5 Å². The fourth-order valence-electron chi connectivity index (χ4n) is 9.04. The molecule has 81 heavy (non-hydrogen) atoms. The average Bonchev–Trinajstić information content (AvgIpc) is 4.25. The number of likely N-dealkylation sites (tertiary alicyclic amines) is 2. The van der Waals surface area contributed by atoms with Crippen LogP contribution in [0, 0.1) is 26.0 Å². The van der Waals surface area contributed by atoms with Gasteiger partial charge in [-0.1, -0.05) is 36.4 Å². The van der Waals surface area contributed by atoms with Crippen molar-refractivity contribution in [2.75, 3.05) is 42.5 Å². The van der Waals surface area contributed by atoms with Crippen LogP contribution < -0.4 is 16.4 Å². The van der Waals surface area contributed by atoms with Crippen LogP contribution >= 0.6 is 0 Å². The minimum Gasteiger partial charge on any atom is -0.444 e. The number of nitrogens with zero attached hydrogens (tertiary/aromatic N) is 7. The summed E-state index contributed by atoms with van der Waals surface area (Å²) < 4.78 is 41.2. The number of nitrogens with two attached hydrogens (primary N) is 1. The lowest BCUT2D eigenvalue weighted by molar-refractivity contribution is -0.387. The molecule has 420 valence electrons. The summed E-state index contributed by atoms with van der Waals surface area (Å²) in [6.07, 6.45) is 2.44. The number of carbonyl (C=O) groups is 2. The molecule has 9 aromatic rings. The third-order valence-electron chi connectivity index (χ3n) is 13.0. The third-order valence-corrected chi connectivity index (χ3v) is 13.0. The zero-order valence-corrected chi connectivity index (χ0v) is 45.5. The number of benzene rings is 6. The number of nitro benzene ring substituents is 2. The molecule has 0 spiro atoms. The van der Waals surface area contributed by atoms with Gasteiger partial charge in [-0.2, -0.15) is 4.39 Å². The summed E-state index contributed by atoms with van der Waals surface area (Å²) in [5.74, 6) is 0.237. The van der Waals surface area contributed by atoms with Crippen molar-refractivity contribution in [3.63, 3.8) is 0 Å². The van der Waals surface area contributed by atoms with E-state index in [0.29, 0.717) is 95.5 Å². The first kappa shape index (κ1) is 56.1. The molecule has 0 unspecified atom stereocenters. The van der Waals surface area contributed by atoms with E-state index in [1.54, 1.807) is 46.2 Å². The molecule has 3 aromatic heterocycles. The van der Waals surface area contributed by atoms with Gasteiger partial charge in [-0.05, 0) is 146 Å². The summed E-state index contributed by atoms with van der Waals surface area (Å²) in [7, 11) is 0. The molecule has 0 radical (unpaired) electrons. The lowest BCUT2D eigenvalue weighted by Gasteiger charge is -2.34. The van der Waals surface area contributed by atoms with Crippen molar-refractivity contribution in [1.82, 2.24) is 24.8 Å². The summed E-state index contributed by atoms with van der Waals surface area (Å²) in [4.78, 5) is 62.3. The summed E-state index contributed by atoms with van der Waals surface area (Å²) in [6, 6.07) is 36.6. The predicted molar refractivity (Wildman–Crippen MR) is 305 cm³/mol. The standard InChI is InChI=1S/C23H26N4O5.C23H28N4O3.C13H7FN2O3/c1-23(2,3)32-22(28)26-12-10-16(11-13-26)24-17-9-8-15(14-19(17)27(29)30)21-25-18-6-4-5-7-20(18)31-21;1-23(2,3)30-22(28)27-12-10-16(11-13-27)25-18-9-8-15(14-17(18)24)21-26-19-6-4-5-7-20(19)29-21;14-9-6-5-8(7-11(9)16(17)18)13-15-10-3-1-2-4-12(10)19-13/h4-9,14,16,24H,10-13H2,1-3H3;4-9,14,16,25H,10-13,24H2,1-3H3;1-7H. The predicted octanol–water partition coefficient (Wildman–Crippen LogP) is 13.6. The maximum Gasteiger partial charge on any atom is 0.410 e. The Morgan fingerprint density at radius 1 is 0.556 bits per heavy atom. The average molecular weight is 1110 g/mol. The molecule has 2 aliphatic rings. The first-order valence-electron chi connectivity index (χ1n) is 26.3. The maximum absolute atomic E-state index is 13.2. The molecule has 5 heterocycles. The molecule has 0 saturated carbocycles. The zero-order chi connectivity index (χ0) is 57.6. The Hall–Kier alpha value is -9.60. The minimum absolute atomic E-state index is 0.0163. The van der Waals surface area contributed by atoms with Crippen molar-refractivity contribution in [3.05, 3.63) is 153 Å². The van der Waals surface area contributed by atoms with Crippen LogP contribution in [0.1, 0.15) is 67.2 Å². The number of hydrogen-bond donors (Lipinski definition) is 3. The molecule has 0 bridgehead atoms. The Labute approximate surface area is 464 Å². The fraction of sp³-hybridized carbons (Fsp3) is 0.305. The van der Waals surface area contributed by atoms with Crippen LogP contribution in [0.25, 0.3) is 67.7 Å². The van der Waals surface area contributed by atoms with Gasteiger partial charge < -0.3 is 48.9 Å². The van der Waals surface area contributed by atoms with Crippen molar-refractivity contribution in [2.24, 2.45) is 0 Å². The second-order valence-electron chi connectivity index (χ2n) is 21.4. The van der Waals surface area contributed by atoms with Gasteiger partial charge in [0.2, 0.25) is 23.5 Å². The van der Waals surface area contributed by atoms with Crippen LogP contribution in [0.3, 0.4) is 0 Å². The van der Waals surface area contributed by atoms with E-state index >= 15 is 0 Å². The van der Waals surface area contributed by atoms with E-state index < -0.39 is 32.6 Å². The Bertz CT molecular complexity index is 3640. The minimum atomic E-state index is -0.884. The lowest BCUT2D eigenvalue weighted by Crippen LogP contribution is -2.44. The summed E-state index contributed by atoms with van der Waals surface area (Å²) in [5, 5.41) is 29.2. The normalized spacial score (nSPS) is 14.2. The third kappa shape index (κ3) is 14.2. The van der Waals surface area contributed by atoms with Crippen molar-refractivity contribution in [2.45, 2.75) is 90.5 Å². The number of halogens is 1. The highest BCUT2D eigenvalue weighted by molar-refractivity contribution is 5.81. The summed E-state index contributed by atoms with van der Waals surface area (Å²) in [5.41, 5.74) is 12.5. The number of nitrogens with one attached hydrogen (secondary N) is 2. The van der Waals surface area contributed by atoms with E-state index in [1.807, 2.05) is 108 Å². The van der Waals surface area contributed by atoms with Gasteiger partial charge in [0.25, 0.3) is 5.69 Å². The van der Waals surface area contributed by atoms with Gasteiger partial charge in [0, 0.05) is 67.1 Å². The zero-order valence-electron chi connectivity index (χ0n) is 45.5. The van der Waals surface area contributed by atoms with Crippen LogP contribution in [0.2, 0.25) is 0 Å². The molecule has 4 N–H and O–H groups in total. The number of nitro groups is 2. The smallest absolute Gasteiger partial charge is 0.410 e. The van der Waals surface area contributed by atoms with Crippen molar-refractivity contribution in [3.8, 4) is 34.4 Å². The molecule has 2 amide bonds. The fourth-order valence-corrected chi connectivity index (χ4v) is 9.04. The van der Waals surface area contributed by atoms with Crippen molar-refractivity contribution >= 4 is 73.9 Å². The number of oxazole rings is 3. The topological polar surface area (TPSA) is 274 Å². The summed E-state index contributed by atoms with van der Waals surface area (Å²) >= 11 is 0. The van der Waals surface area contributed by atoms with E-state index in [2.05, 4.69) is 25.6 Å². The second-order valence-corrected chi connectivity index (χ2v) is 21.4. The molecule has 0 atom stereocenters. The van der Waals surface area contributed by atoms with Crippen LogP contribution in [0.4, 0.5) is 42.4 Å². The molecule has 21 nitrogen and oxygen atoms in total. The highest BCUT2D eigenvalue weighted by Crippen LogP contribution is 2.35. The molecule has 2 fully saturated rings. The number of carbonyl (C=O) groups excluding carboxylic acids is 2. The molecule has 11 rings (SSSR count). The Kier molecular flexibility index (Phi) is 16.5. The highest BCUT2D eigenvalue weighted by Gasteiger charge is 2.30. The summed E-state index contributed by atoms with van der Waals surface area (Å²) in [6.45, 7) is 13.5. The van der Waals surface area contributed by atoms with Crippen molar-refractivity contribution < 1.29 is 46.6 Å². The quantitative estimate of drug-likeness (QED) is 0.0688. The lowest BCUT2D eigenvalue weighted by atomic mass is 10.0. The SMILES string of the molecule is CC(C)(C)OC(=O)N1CCC(Nc2ccc(-c3nc4ccccc4o3)cc2N)CC1.CC(C)(C)OC(=O)N1CCC(Nc2ccc(-c3nc4ccccc4o3)cc2[N+](=O)[O-])CC1.O=[N+]([O-])c1cc(-c2nc3ccccc3o2)ccc1F. The highest BCUT2D eigenvalue weighted by atomic mass is 19.1. The van der Waals surface area contributed by atoms with Crippen molar-refractivity contribution in [1.29, 1.82) is 0 Å². The first-order chi connectivity index (χ1) is 38.6. The Balaban J connectivity index is 0.000000151. The number of fused-ring (bicyclic) bond motifs is 3. The first-order valence-corrected chi connectivity index (χ1v) is 26.3. The van der Waals surface area contributed by atoms with E-state index in [-0.39, 0.29) is 35.8 Å². The number of hydrogen-bond acceptors (Lipinski definition) is 17. The van der Waals surface area contributed by atoms with Crippen LogP contribution in [-0.4, -0.2) is 96.2 Å². The molecule has 6 aromatic carbocycles. The number of amides is 2. The van der Waals surface area contributed by atoms with Crippen LogP contribution in [-0.2, 0) is 9.47 Å². The maximum atomic E-state index is 13.2. The molecule has 0 aliphatic carbocycles. The monoisotopic (exact) mass is 1100 g/mol. The van der Waals surface area contributed by atoms with E-state index in [9.17, 15) is 34.2 Å².